The Hall–Kier alpha value is -0.0800. The first-order valence-electron chi connectivity index (χ1n) is 6.20. The molecule has 3 aliphatic rings. The van der Waals surface area contributed by atoms with E-state index in [9.17, 15) is 0 Å². The number of hydrogen-bond acceptors (Lipinski definition) is 2. The van der Waals surface area contributed by atoms with E-state index >= 15 is 0 Å². The van der Waals surface area contributed by atoms with Crippen LogP contribution in [0.2, 0.25) is 0 Å². The van der Waals surface area contributed by atoms with E-state index in [0.717, 1.165) is 12.0 Å². The van der Waals surface area contributed by atoms with Crippen LogP contribution in [0.15, 0.2) is 0 Å². The van der Waals surface area contributed by atoms with Crippen molar-refractivity contribution in [3.8, 4) is 0 Å². The third-order valence-corrected chi connectivity index (χ3v) is 4.56. The molecule has 0 radical (unpaired) electrons. The Kier molecular flexibility index (Phi) is 2.10. The molecule has 2 heteroatoms. The van der Waals surface area contributed by atoms with Crippen molar-refractivity contribution in [3.63, 3.8) is 0 Å². The summed E-state index contributed by atoms with van der Waals surface area (Å²) in [5.74, 6) is 1.05. The lowest BCUT2D eigenvalue weighted by molar-refractivity contribution is 0.141. The summed E-state index contributed by atoms with van der Waals surface area (Å²) in [7, 11) is 0. The average Bonchev–Trinajstić information content (AvgIpc) is 2.80. The van der Waals surface area contributed by atoms with Crippen molar-refractivity contribution in [2.45, 2.75) is 38.6 Å². The van der Waals surface area contributed by atoms with Crippen LogP contribution in [-0.4, -0.2) is 37.1 Å². The summed E-state index contributed by atoms with van der Waals surface area (Å²) in [6.07, 6.45) is 5.87. The zero-order valence-electron chi connectivity index (χ0n) is 9.26. The molecular formula is C12H22N2. The molecular weight excluding hydrogens is 172 g/mol. The van der Waals surface area contributed by atoms with Crippen LogP contribution < -0.4 is 5.32 Å². The van der Waals surface area contributed by atoms with Crippen molar-refractivity contribution >= 4 is 0 Å². The van der Waals surface area contributed by atoms with E-state index < -0.39 is 0 Å². The van der Waals surface area contributed by atoms with Crippen LogP contribution in [-0.2, 0) is 0 Å². The van der Waals surface area contributed by atoms with Gasteiger partial charge in [-0.25, -0.2) is 0 Å². The highest BCUT2D eigenvalue weighted by molar-refractivity contribution is 4.96. The van der Waals surface area contributed by atoms with Gasteiger partial charge in [0.25, 0.3) is 0 Å². The third-order valence-electron chi connectivity index (χ3n) is 4.56. The zero-order valence-corrected chi connectivity index (χ0v) is 9.26. The summed E-state index contributed by atoms with van der Waals surface area (Å²) in [5.41, 5.74) is 0.574. The molecule has 2 heterocycles. The van der Waals surface area contributed by atoms with E-state index in [2.05, 4.69) is 17.1 Å². The molecule has 3 rings (SSSR count). The molecule has 0 aromatic carbocycles. The fraction of sp³-hybridized carbons (Fsp3) is 1.00. The van der Waals surface area contributed by atoms with Crippen molar-refractivity contribution in [1.29, 1.82) is 0 Å². The van der Waals surface area contributed by atoms with Gasteiger partial charge < -0.3 is 5.32 Å². The first kappa shape index (κ1) is 9.17. The van der Waals surface area contributed by atoms with Crippen LogP contribution in [0.25, 0.3) is 0 Å². The highest BCUT2D eigenvalue weighted by atomic mass is 15.2. The van der Waals surface area contributed by atoms with E-state index in [1.54, 1.807) is 0 Å². The van der Waals surface area contributed by atoms with Gasteiger partial charge >= 0.3 is 0 Å². The Morgan fingerprint density at radius 2 is 2.36 bits per heavy atom. The molecule has 2 aliphatic heterocycles. The minimum absolute atomic E-state index is 0.574. The van der Waals surface area contributed by atoms with Gasteiger partial charge in [-0.2, -0.15) is 0 Å². The first-order chi connectivity index (χ1) is 6.75. The monoisotopic (exact) mass is 194 g/mol. The van der Waals surface area contributed by atoms with Gasteiger partial charge in [-0.1, -0.05) is 6.92 Å². The Labute approximate surface area is 87.0 Å². The van der Waals surface area contributed by atoms with Crippen LogP contribution in [0.5, 0.6) is 0 Å². The molecule has 2 saturated heterocycles. The second-order valence-corrected chi connectivity index (χ2v) is 6.00. The maximum Gasteiger partial charge on any atom is 0.00988 e. The summed E-state index contributed by atoms with van der Waals surface area (Å²) in [4.78, 5) is 2.78. The Balaban J connectivity index is 1.62. The Morgan fingerprint density at radius 1 is 1.43 bits per heavy atom. The zero-order chi connectivity index (χ0) is 9.60. The Morgan fingerprint density at radius 3 is 2.93 bits per heavy atom. The molecule has 0 aromatic rings. The molecule has 80 valence electrons. The molecule has 0 amide bonds. The lowest BCUT2D eigenvalue weighted by Crippen LogP contribution is -2.41. The topological polar surface area (TPSA) is 15.3 Å². The maximum absolute atomic E-state index is 3.50. The fourth-order valence-electron chi connectivity index (χ4n) is 3.71. The molecule has 0 aromatic heterocycles. The lowest BCUT2D eigenvalue weighted by atomic mass is 9.88. The molecule has 1 saturated carbocycles. The van der Waals surface area contributed by atoms with Gasteiger partial charge in [0, 0.05) is 25.7 Å². The largest absolute Gasteiger partial charge is 0.316 e. The van der Waals surface area contributed by atoms with Gasteiger partial charge in [0.05, 0.1) is 0 Å². The van der Waals surface area contributed by atoms with Crippen LogP contribution in [0.1, 0.15) is 32.6 Å². The van der Waals surface area contributed by atoms with Gasteiger partial charge in [-0.05, 0) is 43.6 Å². The average molecular weight is 194 g/mol. The van der Waals surface area contributed by atoms with Gasteiger partial charge in [0.1, 0.15) is 0 Å². The number of piperidine rings is 1. The van der Waals surface area contributed by atoms with Crippen molar-refractivity contribution in [1.82, 2.24) is 10.2 Å². The normalized spacial score (nSPS) is 47.8. The van der Waals surface area contributed by atoms with E-state index in [-0.39, 0.29) is 0 Å². The van der Waals surface area contributed by atoms with E-state index in [1.807, 2.05) is 0 Å². The van der Waals surface area contributed by atoms with E-state index in [0.29, 0.717) is 5.41 Å². The predicted molar refractivity (Wildman–Crippen MR) is 58.3 cm³/mol. The van der Waals surface area contributed by atoms with Gasteiger partial charge in [0.15, 0.2) is 0 Å². The van der Waals surface area contributed by atoms with Crippen molar-refractivity contribution in [2.75, 3.05) is 26.2 Å². The molecule has 2 bridgehead atoms. The van der Waals surface area contributed by atoms with Gasteiger partial charge in [-0.3, -0.25) is 4.90 Å². The summed E-state index contributed by atoms with van der Waals surface area (Å²) >= 11 is 0. The van der Waals surface area contributed by atoms with E-state index in [1.165, 1.54) is 51.9 Å². The van der Waals surface area contributed by atoms with Crippen LogP contribution in [0, 0.1) is 11.3 Å². The van der Waals surface area contributed by atoms with Crippen LogP contribution in [0.3, 0.4) is 0 Å². The number of nitrogens with one attached hydrogen (secondary N) is 1. The van der Waals surface area contributed by atoms with Crippen molar-refractivity contribution in [3.05, 3.63) is 0 Å². The molecule has 3 atom stereocenters. The third kappa shape index (κ3) is 1.49. The molecule has 1 aliphatic carbocycles. The number of nitrogens with zero attached hydrogens (tertiary/aromatic N) is 1. The number of rotatable bonds is 2. The second-order valence-electron chi connectivity index (χ2n) is 6.00. The summed E-state index contributed by atoms with van der Waals surface area (Å²) in [6, 6.07) is 0.956. The van der Waals surface area contributed by atoms with E-state index in [4.69, 9.17) is 0 Å². The minimum Gasteiger partial charge on any atom is -0.316 e. The van der Waals surface area contributed by atoms with Crippen molar-refractivity contribution in [2.24, 2.45) is 11.3 Å². The fourth-order valence-corrected chi connectivity index (χ4v) is 3.71. The van der Waals surface area contributed by atoms with Gasteiger partial charge in [0.2, 0.25) is 0 Å². The summed E-state index contributed by atoms with van der Waals surface area (Å²) in [6.45, 7) is 7.68. The number of likely N-dealkylation sites (tertiary alicyclic amines) is 1. The number of fused-ring (bicyclic) bond motifs is 2. The molecule has 14 heavy (non-hydrogen) atoms. The molecule has 3 fully saturated rings. The van der Waals surface area contributed by atoms with Crippen molar-refractivity contribution < 1.29 is 0 Å². The Bertz CT molecular complexity index is 220. The molecule has 3 unspecified atom stereocenters. The SMILES string of the molecule is CC1(CN2CC3CCC2C3)CCNC1. The minimum atomic E-state index is 0.574. The number of hydrogen-bond donors (Lipinski definition) is 1. The van der Waals surface area contributed by atoms with Gasteiger partial charge in [-0.15, -0.1) is 0 Å². The highest BCUT2D eigenvalue weighted by Crippen LogP contribution is 2.39. The molecule has 0 spiro atoms. The smallest absolute Gasteiger partial charge is 0.00988 e. The summed E-state index contributed by atoms with van der Waals surface area (Å²) < 4.78 is 0. The second kappa shape index (κ2) is 3.21. The summed E-state index contributed by atoms with van der Waals surface area (Å²) in [5, 5.41) is 3.50. The van der Waals surface area contributed by atoms with Crippen LogP contribution >= 0.6 is 0 Å². The standard InChI is InChI=1S/C12H22N2/c1-12(4-5-13-8-12)9-14-7-10-2-3-11(14)6-10/h10-11,13H,2-9H2,1H3. The maximum atomic E-state index is 3.50. The quantitative estimate of drug-likeness (QED) is 0.716. The van der Waals surface area contributed by atoms with Crippen LogP contribution in [0.4, 0.5) is 0 Å². The first-order valence-corrected chi connectivity index (χ1v) is 6.20. The highest BCUT2D eigenvalue weighted by Gasteiger charge is 2.41. The molecule has 2 nitrogen and oxygen atoms in total. The molecule has 1 N–H and O–H groups in total. The lowest BCUT2D eigenvalue weighted by Gasteiger charge is -2.34. The predicted octanol–water partition coefficient (Wildman–Crippen LogP) is 1.47.